The molecule has 2 saturated carbocycles. The van der Waals surface area contributed by atoms with Crippen LogP contribution in [0.1, 0.15) is 100 Å². The van der Waals surface area contributed by atoms with Crippen LogP contribution in [0, 0.1) is 29.1 Å². The summed E-state index contributed by atoms with van der Waals surface area (Å²) in [5.41, 5.74) is -6.45. The van der Waals surface area contributed by atoms with Crippen LogP contribution in [0.5, 0.6) is 11.8 Å². The molecule has 1 aromatic carbocycles. The molecule has 312 valence electrons. The van der Waals surface area contributed by atoms with Gasteiger partial charge in [0.1, 0.15) is 6.10 Å². The molecule has 3 heterocycles. The highest BCUT2D eigenvalue weighted by atomic mass is 32.2. The Morgan fingerprint density at radius 3 is 2.37 bits per heavy atom. The van der Waals surface area contributed by atoms with E-state index < -0.39 is 112 Å². The number of hydrogen-bond acceptors (Lipinski definition) is 11. The van der Waals surface area contributed by atoms with E-state index in [2.05, 4.69) is 19.7 Å². The summed E-state index contributed by atoms with van der Waals surface area (Å²) < 4.78 is 133. The molecule has 6 rings (SSSR count). The van der Waals surface area contributed by atoms with E-state index in [1.807, 2.05) is 13.0 Å². The standard InChI is InChI=1S/C40H51F3N4O9S/c1-23-11-7-8-12-25-20-39(25,36(51)46-57(52,53)38(5)15-16-38)21-31(48)30-18-26(55-34-28-14-10-9-13-27(28)33(54-6)44-45-34)22-47(30)35(50)29(24(2)17-23)19-32(49)56-37(3,4)40(41,42)43/h8-10,12-14,23-26,29-30H,7,11,15-22H2,1-6H3,(H,46,51)/b12-8-/t23-,24+,25+,26+,29-,30-,39+/m0/s1/i3D3,4D3. The third kappa shape index (κ3) is 8.63. The maximum Gasteiger partial charge on any atom is 0.427 e. The summed E-state index contributed by atoms with van der Waals surface area (Å²) in [7, 11) is -2.72. The van der Waals surface area contributed by atoms with Crippen LogP contribution >= 0.6 is 0 Å². The number of esters is 1. The topological polar surface area (TPSA) is 171 Å². The van der Waals surface area contributed by atoms with Gasteiger partial charge in [-0.15, -0.1) is 10.2 Å². The molecule has 1 aromatic heterocycles. The zero-order chi connectivity index (χ0) is 46.7. The molecule has 2 amide bonds. The molecule has 2 aliphatic carbocycles. The number of benzene rings is 1. The number of amides is 2. The third-order valence-corrected chi connectivity index (χ3v) is 14.1. The number of methoxy groups -OCH3 is 1. The van der Waals surface area contributed by atoms with Crippen LogP contribution in [0.3, 0.4) is 0 Å². The number of nitrogens with one attached hydrogen (secondary N) is 1. The number of carbonyl (C=O) groups excluding carboxylic acids is 4. The second-order valence-electron chi connectivity index (χ2n) is 16.3. The zero-order valence-corrected chi connectivity index (χ0v) is 32.9. The summed E-state index contributed by atoms with van der Waals surface area (Å²) in [4.78, 5) is 58.4. The quantitative estimate of drug-likeness (QED) is 0.238. The van der Waals surface area contributed by atoms with Gasteiger partial charge in [-0.3, -0.25) is 23.9 Å². The average Bonchev–Trinajstić information content (AvgIpc) is 4.06. The summed E-state index contributed by atoms with van der Waals surface area (Å²) in [5, 5.41) is 9.20. The van der Waals surface area contributed by atoms with Gasteiger partial charge in [0.15, 0.2) is 5.78 Å². The highest BCUT2D eigenvalue weighted by Crippen LogP contribution is 2.58. The Bertz CT molecular complexity index is 2240. The molecule has 57 heavy (non-hydrogen) atoms. The monoisotopic (exact) mass is 826 g/mol. The van der Waals surface area contributed by atoms with Crippen molar-refractivity contribution >= 4 is 44.4 Å². The number of carbonyl (C=O) groups is 4. The highest BCUT2D eigenvalue weighted by Gasteiger charge is 2.63. The molecule has 7 atom stereocenters. The second kappa shape index (κ2) is 15.5. The Hall–Kier alpha value is -4.28. The fourth-order valence-electron chi connectivity index (χ4n) is 7.99. The van der Waals surface area contributed by atoms with E-state index >= 15 is 0 Å². The van der Waals surface area contributed by atoms with E-state index in [0.717, 1.165) is 4.90 Å². The number of hydrogen-bond donors (Lipinski definition) is 1. The third-order valence-electron chi connectivity index (χ3n) is 11.9. The van der Waals surface area contributed by atoms with Gasteiger partial charge in [0.2, 0.25) is 39.2 Å². The first-order valence-electron chi connectivity index (χ1n) is 21.9. The SMILES string of the molecule is [2H]C([2H])([2H])C(OC(=O)C[C@@H]1C(=O)N2C[C@H](Oc3nnc(OC)c4ccccc34)C[C@H]2C(=O)C[C@]2(C(=O)NS(=O)(=O)C3(C)CC3)C[C@H]2/C=C\CC[C@H](C)C[C@H]1C)(C([2H])([2H])[2H])C(F)(F)F. The zero-order valence-electron chi connectivity index (χ0n) is 38.1. The molecule has 2 aromatic rings. The van der Waals surface area contributed by atoms with Gasteiger partial charge in [0.05, 0.1) is 53.0 Å². The van der Waals surface area contributed by atoms with E-state index in [0.29, 0.717) is 36.5 Å². The van der Waals surface area contributed by atoms with Crippen molar-refractivity contribution in [3.8, 4) is 11.8 Å². The average molecular weight is 827 g/mol. The number of nitrogens with zero attached hydrogens (tertiary/aromatic N) is 3. The summed E-state index contributed by atoms with van der Waals surface area (Å²) in [6.07, 6.45) is -3.50. The van der Waals surface area contributed by atoms with Crippen molar-refractivity contribution in [3.63, 3.8) is 0 Å². The van der Waals surface area contributed by atoms with Gasteiger partial charge in [0, 0.05) is 21.1 Å². The summed E-state index contributed by atoms with van der Waals surface area (Å²) in [6, 6.07) is 5.42. The summed E-state index contributed by atoms with van der Waals surface area (Å²) in [6.45, 7) is -4.29. The molecule has 0 unspecified atom stereocenters. The predicted octanol–water partition coefficient (Wildman–Crippen LogP) is 5.85. The summed E-state index contributed by atoms with van der Waals surface area (Å²) >= 11 is 0. The first-order valence-corrected chi connectivity index (χ1v) is 20.4. The van der Waals surface area contributed by atoms with Crippen molar-refractivity contribution in [2.24, 2.45) is 29.1 Å². The Morgan fingerprint density at radius 2 is 1.74 bits per heavy atom. The van der Waals surface area contributed by atoms with E-state index in [-0.39, 0.29) is 43.5 Å². The molecule has 13 nitrogen and oxygen atoms in total. The normalized spacial score (nSPS) is 31.9. The number of rotatable bonds is 9. The fourth-order valence-corrected chi connectivity index (χ4v) is 9.32. The molecule has 1 saturated heterocycles. The number of allylic oxidation sites excluding steroid dienone is 2. The number of halogens is 3. The van der Waals surface area contributed by atoms with Crippen LogP contribution < -0.4 is 14.2 Å². The smallest absolute Gasteiger partial charge is 0.427 e. The van der Waals surface area contributed by atoms with Crippen molar-refractivity contribution in [3.05, 3.63) is 36.4 Å². The van der Waals surface area contributed by atoms with Crippen LogP contribution in [-0.4, -0.2) is 89.4 Å². The van der Waals surface area contributed by atoms with Crippen molar-refractivity contribution < 1.29 is 63.2 Å². The fraction of sp³-hybridized carbons (Fsp3) is 0.650. The number of Topliss-reactive ketones (excluding diaryl/α,β-unsaturated/α-hetero) is 1. The van der Waals surface area contributed by atoms with Crippen molar-refractivity contribution in [2.45, 2.75) is 121 Å². The van der Waals surface area contributed by atoms with Crippen LogP contribution in [0.4, 0.5) is 13.2 Å². The van der Waals surface area contributed by atoms with Crippen molar-refractivity contribution in [1.29, 1.82) is 0 Å². The minimum absolute atomic E-state index is 0.00111. The van der Waals surface area contributed by atoms with Crippen LogP contribution in [-0.2, 0) is 33.9 Å². The van der Waals surface area contributed by atoms with Gasteiger partial charge in [0.25, 0.3) is 0 Å². The Labute approximate surface area is 338 Å². The molecule has 3 fully saturated rings. The lowest BCUT2D eigenvalue weighted by atomic mass is 9.82. The van der Waals surface area contributed by atoms with Gasteiger partial charge >= 0.3 is 12.1 Å². The first kappa shape index (κ1) is 34.7. The number of alkyl halides is 3. The molecular weight excluding hydrogens is 770 g/mol. The number of ketones is 1. The van der Waals surface area contributed by atoms with Crippen LogP contribution in [0.25, 0.3) is 10.8 Å². The minimum Gasteiger partial charge on any atom is -0.479 e. The maximum absolute atomic E-state index is 15.0. The van der Waals surface area contributed by atoms with Crippen LogP contribution in [0.2, 0.25) is 0 Å². The van der Waals surface area contributed by atoms with E-state index in [1.54, 1.807) is 37.3 Å². The molecule has 1 N–H and O–H groups in total. The van der Waals surface area contributed by atoms with Gasteiger partial charge < -0.3 is 19.1 Å². The van der Waals surface area contributed by atoms with Crippen LogP contribution in [0.15, 0.2) is 36.4 Å². The predicted molar refractivity (Wildman–Crippen MR) is 201 cm³/mol. The summed E-state index contributed by atoms with van der Waals surface area (Å²) in [5.74, 6) is -7.33. The molecule has 0 bridgehead atoms. The second-order valence-corrected chi connectivity index (χ2v) is 18.5. The Balaban J connectivity index is 1.39. The van der Waals surface area contributed by atoms with Crippen molar-refractivity contribution in [1.82, 2.24) is 19.8 Å². The Kier molecular flexibility index (Phi) is 9.43. The number of aromatic nitrogens is 2. The number of sulfonamides is 1. The largest absolute Gasteiger partial charge is 0.479 e. The lowest BCUT2D eigenvalue weighted by molar-refractivity contribution is -0.257. The highest BCUT2D eigenvalue weighted by molar-refractivity contribution is 7.91. The Morgan fingerprint density at radius 1 is 1.07 bits per heavy atom. The minimum atomic E-state index is -6.11. The molecule has 4 aliphatic rings. The van der Waals surface area contributed by atoms with Gasteiger partial charge in [-0.2, -0.15) is 13.2 Å². The van der Waals surface area contributed by atoms with Gasteiger partial charge in [-0.25, -0.2) is 8.42 Å². The molecule has 0 spiro atoms. The number of ether oxygens (including phenoxy) is 3. The molecule has 2 aliphatic heterocycles. The first-order chi connectivity index (χ1) is 29.1. The van der Waals surface area contributed by atoms with Crippen molar-refractivity contribution in [2.75, 3.05) is 13.7 Å². The van der Waals surface area contributed by atoms with E-state index in [1.165, 1.54) is 14.0 Å². The molecular formula is C40H51F3N4O9S. The van der Waals surface area contributed by atoms with E-state index in [9.17, 15) is 40.8 Å². The van der Waals surface area contributed by atoms with E-state index in [4.69, 9.17) is 17.7 Å². The molecule has 17 heteroatoms. The number of fused-ring (bicyclic) bond motifs is 3. The molecule has 0 radical (unpaired) electrons. The van der Waals surface area contributed by atoms with Gasteiger partial charge in [-0.05, 0) is 89.0 Å². The lowest BCUT2D eigenvalue weighted by Crippen LogP contribution is -2.48. The maximum atomic E-state index is 15.0. The lowest BCUT2D eigenvalue weighted by Gasteiger charge is -2.33. The van der Waals surface area contributed by atoms with Gasteiger partial charge in [-0.1, -0.05) is 38.1 Å².